The minimum absolute atomic E-state index is 0.0316. The van der Waals surface area contributed by atoms with Gasteiger partial charge in [0.05, 0.1) is 27.8 Å². The fourth-order valence-electron chi connectivity index (χ4n) is 9.31. The number of fused-ring (bicyclic) bond motifs is 12. The Morgan fingerprint density at radius 2 is 1.12 bits per heavy atom. The molecule has 3 aliphatic rings. The Kier molecular flexibility index (Phi) is 5.53. The Morgan fingerprint density at radius 1 is 0.481 bits per heavy atom. The molecule has 9 aromatic rings. The second-order valence-corrected chi connectivity index (χ2v) is 13.9. The van der Waals surface area contributed by atoms with Crippen LogP contribution in [0.5, 0.6) is 0 Å². The third kappa shape index (κ3) is 3.58. The zero-order chi connectivity index (χ0) is 33.9. The highest BCUT2D eigenvalue weighted by atomic mass is 15.3. The van der Waals surface area contributed by atoms with Crippen molar-refractivity contribution in [3.05, 3.63) is 188 Å². The number of rotatable bonds is 3. The van der Waals surface area contributed by atoms with Gasteiger partial charge >= 0.3 is 0 Å². The van der Waals surface area contributed by atoms with Crippen LogP contribution >= 0.6 is 0 Å². The van der Waals surface area contributed by atoms with Gasteiger partial charge in [-0.15, -0.1) is 0 Å². The van der Waals surface area contributed by atoms with Gasteiger partial charge in [-0.3, -0.25) is 0 Å². The molecule has 0 bridgehead atoms. The third-order valence-corrected chi connectivity index (χ3v) is 11.3. The summed E-state index contributed by atoms with van der Waals surface area (Å²) in [6, 6.07) is 59.8. The van der Waals surface area contributed by atoms with Gasteiger partial charge < -0.3 is 14.0 Å². The van der Waals surface area contributed by atoms with Crippen LogP contribution in [0.1, 0.15) is 5.56 Å². The topological polar surface area (TPSA) is 16.1 Å². The molecule has 0 amide bonds. The molecule has 0 N–H and O–H groups in total. The van der Waals surface area contributed by atoms with Crippen molar-refractivity contribution in [1.82, 2.24) is 13.7 Å². The van der Waals surface area contributed by atoms with Crippen molar-refractivity contribution in [2.24, 2.45) is 0 Å². The zero-order valence-electron chi connectivity index (χ0n) is 28.2. The van der Waals surface area contributed by atoms with E-state index in [0.29, 0.717) is 0 Å². The van der Waals surface area contributed by atoms with E-state index in [0.717, 1.165) is 5.69 Å². The van der Waals surface area contributed by atoms with E-state index in [-0.39, 0.29) is 6.04 Å². The number of anilines is 2. The summed E-state index contributed by atoms with van der Waals surface area (Å²) in [5.74, 6) is 0. The van der Waals surface area contributed by atoms with Gasteiger partial charge in [-0.05, 0) is 60.2 Å². The van der Waals surface area contributed by atoms with Crippen LogP contribution in [0.25, 0.3) is 60.6 Å². The Bertz CT molecular complexity index is 3070. The molecule has 12 rings (SSSR count). The molecule has 0 fully saturated rings. The average Bonchev–Trinajstić information content (AvgIpc) is 3.85. The van der Waals surface area contributed by atoms with Gasteiger partial charge in [0, 0.05) is 62.8 Å². The average molecular weight is 664 g/mol. The molecule has 4 heteroatoms. The first kappa shape index (κ1) is 27.9. The first-order valence-electron chi connectivity index (χ1n) is 18.0. The molecule has 1 aliphatic carbocycles. The van der Waals surface area contributed by atoms with E-state index < -0.39 is 0 Å². The number of allylic oxidation sites excluding steroid dienone is 2. The van der Waals surface area contributed by atoms with E-state index in [1.165, 1.54) is 88.9 Å². The van der Waals surface area contributed by atoms with E-state index in [9.17, 15) is 0 Å². The summed E-state index contributed by atoms with van der Waals surface area (Å²) >= 11 is 0. The Hall–Kier alpha value is -6.91. The fourth-order valence-corrected chi connectivity index (χ4v) is 9.31. The van der Waals surface area contributed by atoms with Crippen LogP contribution in [-0.2, 0) is 0 Å². The number of nitrogens with zero attached hydrogens (tertiary/aromatic N) is 4. The molecule has 4 nitrogen and oxygen atoms in total. The van der Waals surface area contributed by atoms with Crippen molar-refractivity contribution in [2.45, 2.75) is 6.04 Å². The van der Waals surface area contributed by atoms with Gasteiger partial charge in [-0.1, -0.05) is 103 Å². The van der Waals surface area contributed by atoms with Gasteiger partial charge in [0.15, 0.2) is 0 Å². The van der Waals surface area contributed by atoms with Crippen molar-refractivity contribution >= 4 is 77.6 Å². The maximum absolute atomic E-state index is 2.58. The molecule has 0 radical (unpaired) electrons. The Labute approximate surface area is 300 Å². The standard InChI is InChI=1S/C48H31N4/c1-3-14-31(15-4-1)49-39-21-9-8-19-35(39)38-30-33(26-28-41(38)49)50-42-23-11-12-24-43(42)52-44-29-27-36-34-18-7-10-22-40(34)51(32-16-5-2-6-17-32)48(36)46(44)37-20-13-25-45(50)47(37)52/h1-30,47H/q+1. The predicted molar refractivity (Wildman–Crippen MR) is 218 cm³/mol. The summed E-state index contributed by atoms with van der Waals surface area (Å²) in [7, 11) is 0. The summed E-state index contributed by atoms with van der Waals surface area (Å²) < 4.78 is 7.37. The van der Waals surface area contributed by atoms with E-state index in [4.69, 9.17) is 0 Å². The van der Waals surface area contributed by atoms with E-state index in [1.54, 1.807) is 0 Å². The molecule has 242 valence electrons. The SMILES string of the molecule is C1=CC2=[N+](c3ccc4c(c3)c3ccccc3n4-c3ccccc3)c3ccccc3N3c4ccc5c6ccccc6n(-c6ccccc6)c5c4C(=C1)C23. The second kappa shape index (κ2) is 10.3. The van der Waals surface area contributed by atoms with Crippen LogP contribution in [0, 0.1) is 0 Å². The molecule has 1 atom stereocenters. The predicted octanol–water partition coefficient (Wildman–Crippen LogP) is 11.6. The van der Waals surface area contributed by atoms with Crippen LogP contribution < -0.4 is 9.48 Å². The lowest BCUT2D eigenvalue weighted by atomic mass is 9.91. The largest absolute Gasteiger partial charge is 0.318 e. The molecule has 52 heavy (non-hydrogen) atoms. The minimum atomic E-state index is 0.0316. The smallest absolute Gasteiger partial charge is 0.235 e. The van der Waals surface area contributed by atoms with Crippen LogP contribution in [0.4, 0.5) is 22.7 Å². The summed E-state index contributed by atoms with van der Waals surface area (Å²) in [6.07, 6.45) is 6.93. The van der Waals surface area contributed by atoms with Crippen LogP contribution in [0.15, 0.2) is 182 Å². The molecule has 0 saturated carbocycles. The molecular weight excluding hydrogens is 633 g/mol. The number of para-hydroxylation sites is 6. The molecule has 0 spiro atoms. The lowest BCUT2D eigenvalue weighted by Crippen LogP contribution is -2.43. The van der Waals surface area contributed by atoms with E-state index >= 15 is 0 Å². The lowest BCUT2D eigenvalue weighted by Gasteiger charge is -2.32. The molecule has 0 saturated heterocycles. The maximum Gasteiger partial charge on any atom is 0.235 e. The van der Waals surface area contributed by atoms with Crippen molar-refractivity contribution in [3.8, 4) is 11.4 Å². The zero-order valence-corrected chi connectivity index (χ0v) is 28.2. The molecule has 4 heterocycles. The molecule has 7 aromatic carbocycles. The lowest BCUT2D eigenvalue weighted by molar-refractivity contribution is 0.932. The normalized spacial score (nSPS) is 15.8. The van der Waals surface area contributed by atoms with E-state index in [2.05, 4.69) is 201 Å². The first-order chi connectivity index (χ1) is 25.8. The molecule has 2 aliphatic heterocycles. The molecule has 2 aromatic heterocycles. The number of aromatic nitrogens is 2. The summed E-state index contributed by atoms with van der Waals surface area (Å²) in [5.41, 5.74) is 16.0. The van der Waals surface area contributed by atoms with Crippen molar-refractivity contribution in [1.29, 1.82) is 0 Å². The molecular formula is C48H31N4+. The number of hydrogen-bond acceptors (Lipinski definition) is 1. The van der Waals surface area contributed by atoms with Gasteiger partial charge in [0.2, 0.25) is 17.1 Å². The quantitative estimate of drug-likeness (QED) is 0.172. The van der Waals surface area contributed by atoms with E-state index in [1.807, 2.05) is 0 Å². The highest BCUT2D eigenvalue weighted by Gasteiger charge is 2.49. The second-order valence-electron chi connectivity index (χ2n) is 13.9. The molecule has 1 unspecified atom stereocenters. The van der Waals surface area contributed by atoms with Gasteiger partial charge in [0.1, 0.15) is 11.7 Å². The van der Waals surface area contributed by atoms with Crippen LogP contribution in [0.2, 0.25) is 0 Å². The van der Waals surface area contributed by atoms with Crippen LogP contribution in [0.3, 0.4) is 0 Å². The highest BCUT2D eigenvalue weighted by molar-refractivity contribution is 6.25. The van der Waals surface area contributed by atoms with Crippen molar-refractivity contribution in [2.75, 3.05) is 4.90 Å². The van der Waals surface area contributed by atoms with Gasteiger partial charge in [-0.25, -0.2) is 0 Å². The number of benzene rings is 7. The minimum Gasteiger partial charge on any atom is -0.318 e. The summed E-state index contributed by atoms with van der Waals surface area (Å²) in [6.45, 7) is 0. The van der Waals surface area contributed by atoms with Gasteiger partial charge in [0.25, 0.3) is 0 Å². The first-order valence-corrected chi connectivity index (χ1v) is 18.0. The van der Waals surface area contributed by atoms with Crippen LogP contribution in [-0.4, -0.2) is 20.9 Å². The summed E-state index contributed by atoms with van der Waals surface area (Å²) in [5, 5.41) is 5.05. The Morgan fingerprint density at radius 3 is 1.90 bits per heavy atom. The Balaban J connectivity index is 1.13. The monoisotopic (exact) mass is 663 g/mol. The van der Waals surface area contributed by atoms with Crippen molar-refractivity contribution < 1.29 is 0 Å². The fraction of sp³-hybridized carbons (Fsp3) is 0.0208. The maximum atomic E-state index is 2.58. The number of hydrogen-bond donors (Lipinski definition) is 0. The van der Waals surface area contributed by atoms with Crippen molar-refractivity contribution in [3.63, 3.8) is 0 Å². The third-order valence-electron chi connectivity index (χ3n) is 11.3. The van der Waals surface area contributed by atoms with Gasteiger partial charge in [-0.2, -0.15) is 4.58 Å². The highest BCUT2D eigenvalue weighted by Crippen LogP contribution is 2.55. The summed E-state index contributed by atoms with van der Waals surface area (Å²) in [4.78, 5) is 2.58.